The van der Waals surface area contributed by atoms with Crippen molar-refractivity contribution in [3.63, 3.8) is 0 Å². The number of amides is 2. The summed E-state index contributed by atoms with van der Waals surface area (Å²) >= 11 is 0. The second kappa shape index (κ2) is 4.42. The van der Waals surface area contributed by atoms with Gasteiger partial charge in [-0.2, -0.15) is 5.26 Å². The molecule has 1 aliphatic heterocycles. The van der Waals surface area contributed by atoms with Gasteiger partial charge in [0.15, 0.2) is 0 Å². The summed E-state index contributed by atoms with van der Waals surface area (Å²) in [4.78, 5) is 14.8. The zero-order chi connectivity index (χ0) is 12.4. The van der Waals surface area contributed by atoms with Gasteiger partial charge in [0.2, 0.25) is 0 Å². The maximum absolute atomic E-state index is 12.8. The summed E-state index contributed by atoms with van der Waals surface area (Å²) in [5.41, 5.74) is 0.877. The Labute approximate surface area is 98.9 Å². The summed E-state index contributed by atoms with van der Waals surface area (Å²) in [6.07, 6.45) is 0. The monoisotopic (exact) mass is 233 g/mol. The number of likely N-dealkylation sites (N-methyl/N-ethyl adjacent to an activating group) is 1. The topological polar surface area (TPSA) is 47.3 Å². The molecule has 0 radical (unpaired) electrons. The van der Waals surface area contributed by atoms with Crippen LogP contribution in [0.15, 0.2) is 24.3 Å². The van der Waals surface area contributed by atoms with E-state index in [2.05, 4.69) is 0 Å². The highest BCUT2D eigenvalue weighted by molar-refractivity contribution is 5.77. The largest absolute Gasteiger partial charge is 0.321 e. The number of carbonyl (C=O) groups excluding carboxylic acids is 1. The van der Waals surface area contributed by atoms with Gasteiger partial charge < -0.3 is 9.80 Å². The highest BCUT2D eigenvalue weighted by Gasteiger charge is 2.35. The van der Waals surface area contributed by atoms with E-state index in [9.17, 15) is 9.18 Å². The summed E-state index contributed by atoms with van der Waals surface area (Å²) in [7, 11) is 1.69. The standard InChI is InChI=1S/C12H12FN3O/c1-15-11(8-16(7-6-14)12(15)17)9-2-4-10(13)5-3-9/h2-5,11H,7-8H2,1H3. The quantitative estimate of drug-likeness (QED) is 0.731. The molecule has 4 nitrogen and oxygen atoms in total. The first-order valence-electron chi connectivity index (χ1n) is 5.27. The lowest BCUT2D eigenvalue weighted by molar-refractivity contribution is 0.199. The van der Waals surface area contributed by atoms with Crippen LogP contribution in [0.2, 0.25) is 0 Å². The summed E-state index contributed by atoms with van der Waals surface area (Å²) in [6.45, 7) is 0.551. The molecule has 0 N–H and O–H groups in total. The van der Waals surface area contributed by atoms with Crippen LogP contribution in [0.3, 0.4) is 0 Å². The van der Waals surface area contributed by atoms with Crippen molar-refractivity contribution in [1.82, 2.24) is 9.80 Å². The van der Waals surface area contributed by atoms with Crippen molar-refractivity contribution < 1.29 is 9.18 Å². The van der Waals surface area contributed by atoms with Gasteiger partial charge in [-0.1, -0.05) is 12.1 Å². The second-order valence-electron chi connectivity index (χ2n) is 4.00. The highest BCUT2D eigenvalue weighted by Crippen LogP contribution is 2.27. The van der Waals surface area contributed by atoms with E-state index in [4.69, 9.17) is 5.26 Å². The molecule has 1 heterocycles. The SMILES string of the molecule is CN1C(=O)N(CC#N)CC1c1ccc(F)cc1. The molecule has 5 heteroatoms. The van der Waals surface area contributed by atoms with Crippen molar-refractivity contribution in [2.24, 2.45) is 0 Å². The second-order valence-corrected chi connectivity index (χ2v) is 4.00. The fraction of sp³-hybridized carbons (Fsp3) is 0.333. The minimum absolute atomic E-state index is 0.0842. The Morgan fingerprint density at radius 3 is 2.71 bits per heavy atom. The smallest absolute Gasteiger partial charge is 0.319 e. The number of urea groups is 1. The van der Waals surface area contributed by atoms with E-state index in [1.807, 2.05) is 6.07 Å². The van der Waals surface area contributed by atoms with Crippen molar-refractivity contribution in [1.29, 1.82) is 5.26 Å². The maximum atomic E-state index is 12.8. The van der Waals surface area contributed by atoms with Crippen molar-refractivity contribution >= 4 is 6.03 Å². The van der Waals surface area contributed by atoms with Gasteiger partial charge in [-0.25, -0.2) is 9.18 Å². The van der Waals surface area contributed by atoms with E-state index in [1.165, 1.54) is 17.0 Å². The Morgan fingerprint density at radius 1 is 1.47 bits per heavy atom. The lowest BCUT2D eigenvalue weighted by Crippen LogP contribution is -2.29. The summed E-state index contributed by atoms with van der Waals surface area (Å²) in [6, 6.07) is 7.76. The van der Waals surface area contributed by atoms with E-state index < -0.39 is 0 Å². The van der Waals surface area contributed by atoms with E-state index >= 15 is 0 Å². The minimum Gasteiger partial charge on any atom is -0.319 e. The molecule has 1 aliphatic rings. The van der Waals surface area contributed by atoms with Gasteiger partial charge in [0.05, 0.1) is 12.1 Å². The Hall–Kier alpha value is -2.09. The molecule has 1 atom stereocenters. The first kappa shape index (κ1) is 11.4. The molecule has 1 unspecified atom stereocenters. The molecule has 0 aliphatic carbocycles. The van der Waals surface area contributed by atoms with E-state index in [-0.39, 0.29) is 24.4 Å². The molecule has 1 fully saturated rings. The van der Waals surface area contributed by atoms with Gasteiger partial charge >= 0.3 is 6.03 Å². The Kier molecular flexibility index (Phi) is 2.96. The van der Waals surface area contributed by atoms with E-state index in [1.54, 1.807) is 24.1 Å². The predicted octanol–water partition coefficient (Wildman–Crippen LogP) is 1.76. The summed E-state index contributed by atoms with van der Waals surface area (Å²) in [5.74, 6) is -0.297. The average molecular weight is 233 g/mol. The maximum Gasteiger partial charge on any atom is 0.321 e. The van der Waals surface area contributed by atoms with Crippen LogP contribution in [0, 0.1) is 17.1 Å². The Balaban J connectivity index is 2.21. The zero-order valence-corrected chi connectivity index (χ0v) is 9.43. The number of halogens is 1. The van der Waals surface area contributed by atoms with E-state index in [0.717, 1.165) is 5.56 Å². The van der Waals surface area contributed by atoms with Crippen LogP contribution in [0.1, 0.15) is 11.6 Å². The normalized spacial score (nSPS) is 19.6. The number of hydrogen-bond donors (Lipinski definition) is 0. The molecule has 0 saturated carbocycles. The van der Waals surface area contributed by atoms with Crippen LogP contribution >= 0.6 is 0 Å². The number of nitriles is 1. The first-order chi connectivity index (χ1) is 8.13. The van der Waals surface area contributed by atoms with Crippen molar-refractivity contribution in [3.05, 3.63) is 35.6 Å². The number of rotatable bonds is 2. The Morgan fingerprint density at radius 2 is 2.12 bits per heavy atom. The van der Waals surface area contributed by atoms with Gasteiger partial charge in [0.1, 0.15) is 12.4 Å². The van der Waals surface area contributed by atoms with Gasteiger partial charge in [0.25, 0.3) is 0 Å². The van der Waals surface area contributed by atoms with Crippen LogP contribution in [0.25, 0.3) is 0 Å². The minimum atomic E-state index is -0.297. The van der Waals surface area contributed by atoms with Gasteiger partial charge in [-0.15, -0.1) is 0 Å². The first-order valence-corrected chi connectivity index (χ1v) is 5.27. The lowest BCUT2D eigenvalue weighted by atomic mass is 10.1. The van der Waals surface area contributed by atoms with Crippen molar-refractivity contribution in [2.45, 2.75) is 6.04 Å². The fourth-order valence-corrected chi connectivity index (χ4v) is 2.00. The van der Waals surface area contributed by atoms with Gasteiger partial charge in [-0.05, 0) is 17.7 Å². The van der Waals surface area contributed by atoms with Gasteiger partial charge in [-0.3, -0.25) is 0 Å². The van der Waals surface area contributed by atoms with Crippen LogP contribution in [-0.2, 0) is 0 Å². The third-order valence-corrected chi connectivity index (χ3v) is 2.95. The number of hydrogen-bond acceptors (Lipinski definition) is 2. The fourth-order valence-electron chi connectivity index (χ4n) is 2.00. The molecule has 1 aromatic carbocycles. The molecule has 0 bridgehead atoms. The molecule has 2 amide bonds. The third kappa shape index (κ3) is 2.07. The highest BCUT2D eigenvalue weighted by atomic mass is 19.1. The average Bonchev–Trinajstić information content (AvgIpc) is 2.59. The molecular formula is C12H12FN3O. The summed E-state index contributed by atoms with van der Waals surface area (Å²) in [5, 5.41) is 8.61. The molecular weight excluding hydrogens is 221 g/mol. The molecule has 0 spiro atoms. The predicted molar refractivity (Wildman–Crippen MR) is 59.5 cm³/mol. The molecule has 1 aromatic rings. The van der Waals surface area contributed by atoms with Crippen LogP contribution < -0.4 is 0 Å². The number of carbonyl (C=O) groups is 1. The number of benzene rings is 1. The molecule has 88 valence electrons. The lowest BCUT2D eigenvalue weighted by Gasteiger charge is -2.17. The third-order valence-electron chi connectivity index (χ3n) is 2.95. The van der Waals surface area contributed by atoms with Crippen LogP contribution in [0.5, 0.6) is 0 Å². The van der Waals surface area contributed by atoms with Gasteiger partial charge in [0, 0.05) is 13.6 Å². The molecule has 0 aromatic heterocycles. The molecule has 2 rings (SSSR count). The summed E-state index contributed by atoms with van der Waals surface area (Å²) < 4.78 is 12.8. The van der Waals surface area contributed by atoms with Crippen LogP contribution in [-0.4, -0.2) is 36.0 Å². The van der Waals surface area contributed by atoms with Crippen LogP contribution in [0.4, 0.5) is 9.18 Å². The van der Waals surface area contributed by atoms with E-state index in [0.29, 0.717) is 6.54 Å². The molecule has 17 heavy (non-hydrogen) atoms. The zero-order valence-electron chi connectivity index (χ0n) is 9.43. The molecule has 1 saturated heterocycles. The van der Waals surface area contributed by atoms with Crippen molar-refractivity contribution in [2.75, 3.05) is 20.1 Å². The Bertz CT molecular complexity index is 466. The number of nitrogens with zero attached hydrogens (tertiary/aromatic N) is 3. The van der Waals surface area contributed by atoms with Crippen molar-refractivity contribution in [3.8, 4) is 6.07 Å².